The molecule has 1 fully saturated rings. The molecule has 0 bridgehead atoms. The molecule has 1 amide bonds. The van der Waals surface area contributed by atoms with E-state index in [1.54, 1.807) is 0 Å². The van der Waals surface area contributed by atoms with Crippen LogP contribution in [0.4, 0.5) is 0 Å². The van der Waals surface area contributed by atoms with Gasteiger partial charge in [-0.05, 0) is 25.2 Å². The summed E-state index contributed by atoms with van der Waals surface area (Å²) in [6.07, 6.45) is 7.12. The summed E-state index contributed by atoms with van der Waals surface area (Å²) >= 11 is 0. The highest BCUT2D eigenvalue weighted by atomic mass is 16.3. The normalized spacial score (nSPS) is 26.3. The van der Waals surface area contributed by atoms with Gasteiger partial charge in [0, 0.05) is 19.1 Å². The fraction of sp³-hybridized carbons (Fsp3) is 0.917. The van der Waals surface area contributed by atoms with Crippen molar-refractivity contribution in [3.05, 3.63) is 0 Å². The summed E-state index contributed by atoms with van der Waals surface area (Å²) in [4.78, 5) is 11.5. The second kappa shape index (κ2) is 6.83. The van der Waals surface area contributed by atoms with Crippen LogP contribution in [-0.2, 0) is 4.79 Å². The van der Waals surface area contributed by atoms with Crippen LogP contribution in [-0.4, -0.2) is 23.7 Å². The molecule has 0 aromatic heterocycles. The lowest BCUT2D eigenvalue weighted by Crippen LogP contribution is -2.41. The van der Waals surface area contributed by atoms with Crippen LogP contribution < -0.4 is 5.32 Å². The first-order valence-corrected chi connectivity index (χ1v) is 6.18. The van der Waals surface area contributed by atoms with Crippen LogP contribution in [0.1, 0.15) is 51.9 Å². The Balaban J connectivity index is 2.30. The first-order chi connectivity index (χ1) is 7.27. The summed E-state index contributed by atoms with van der Waals surface area (Å²) in [7, 11) is 0. The van der Waals surface area contributed by atoms with Crippen molar-refractivity contribution in [3.63, 3.8) is 0 Å². The Labute approximate surface area is 92.3 Å². The van der Waals surface area contributed by atoms with Gasteiger partial charge in [0.05, 0.1) is 0 Å². The van der Waals surface area contributed by atoms with Crippen molar-refractivity contribution in [2.75, 3.05) is 6.61 Å². The summed E-state index contributed by atoms with van der Waals surface area (Å²) in [6.45, 7) is 2.30. The molecule has 2 unspecified atom stereocenters. The number of nitrogens with one attached hydrogen (secondary N) is 1. The van der Waals surface area contributed by atoms with Gasteiger partial charge in [0.15, 0.2) is 0 Å². The molecule has 3 heteroatoms. The molecule has 1 aliphatic carbocycles. The summed E-state index contributed by atoms with van der Waals surface area (Å²) in [5.41, 5.74) is 0. The quantitative estimate of drug-likeness (QED) is 0.732. The molecule has 15 heavy (non-hydrogen) atoms. The topological polar surface area (TPSA) is 49.3 Å². The molecule has 0 aromatic rings. The Hall–Kier alpha value is -0.570. The van der Waals surface area contributed by atoms with Gasteiger partial charge in [0.1, 0.15) is 0 Å². The number of aliphatic hydroxyl groups is 1. The van der Waals surface area contributed by atoms with Gasteiger partial charge in [0.2, 0.25) is 5.91 Å². The number of amides is 1. The number of carbonyl (C=O) groups is 1. The van der Waals surface area contributed by atoms with E-state index in [1.165, 1.54) is 19.3 Å². The summed E-state index contributed by atoms with van der Waals surface area (Å²) in [5, 5.41) is 11.7. The van der Waals surface area contributed by atoms with Gasteiger partial charge >= 0.3 is 0 Å². The van der Waals surface area contributed by atoms with Crippen LogP contribution >= 0.6 is 0 Å². The van der Waals surface area contributed by atoms with Gasteiger partial charge in [-0.15, -0.1) is 0 Å². The number of hydrogen-bond acceptors (Lipinski definition) is 2. The Bertz CT molecular complexity index is 194. The monoisotopic (exact) mass is 213 g/mol. The molecular formula is C12H23NO2. The van der Waals surface area contributed by atoms with Crippen molar-refractivity contribution in [2.45, 2.75) is 57.9 Å². The molecular weight excluding hydrogens is 190 g/mol. The third kappa shape index (κ3) is 4.20. The van der Waals surface area contributed by atoms with E-state index in [4.69, 9.17) is 5.11 Å². The molecule has 1 aliphatic rings. The number of hydrogen-bond donors (Lipinski definition) is 2. The predicted octanol–water partition coefficient (Wildman–Crippen LogP) is 1.84. The van der Waals surface area contributed by atoms with E-state index < -0.39 is 0 Å². The molecule has 2 N–H and O–H groups in total. The van der Waals surface area contributed by atoms with Gasteiger partial charge in [-0.1, -0.05) is 26.2 Å². The number of carbonyl (C=O) groups excluding carboxylic acids is 1. The first-order valence-electron chi connectivity index (χ1n) is 6.18. The fourth-order valence-corrected chi connectivity index (χ4v) is 2.40. The van der Waals surface area contributed by atoms with E-state index in [0.717, 1.165) is 12.8 Å². The minimum atomic E-state index is 0.106. The lowest BCUT2D eigenvalue weighted by atomic mass is 9.83. The molecule has 0 radical (unpaired) electrons. The van der Waals surface area contributed by atoms with Crippen LogP contribution in [0, 0.1) is 5.92 Å². The van der Waals surface area contributed by atoms with Crippen LogP contribution in [0.25, 0.3) is 0 Å². The predicted molar refractivity (Wildman–Crippen MR) is 60.5 cm³/mol. The van der Waals surface area contributed by atoms with E-state index in [2.05, 4.69) is 12.2 Å². The van der Waals surface area contributed by atoms with Gasteiger partial charge in [0.25, 0.3) is 0 Å². The third-order valence-electron chi connectivity index (χ3n) is 3.34. The maximum atomic E-state index is 11.5. The molecule has 0 aliphatic heterocycles. The third-order valence-corrected chi connectivity index (χ3v) is 3.34. The van der Waals surface area contributed by atoms with Crippen molar-refractivity contribution in [3.8, 4) is 0 Å². The van der Waals surface area contributed by atoms with Crippen LogP contribution in [0.3, 0.4) is 0 Å². The summed E-state index contributed by atoms with van der Waals surface area (Å²) in [6, 6.07) is 0.384. The molecule has 0 spiro atoms. The van der Waals surface area contributed by atoms with Gasteiger partial charge in [-0.2, -0.15) is 0 Å². The zero-order valence-corrected chi connectivity index (χ0v) is 9.67. The Kier molecular flexibility index (Phi) is 5.69. The molecule has 1 saturated carbocycles. The van der Waals surface area contributed by atoms with Crippen LogP contribution in [0.15, 0.2) is 0 Å². The van der Waals surface area contributed by atoms with Crippen molar-refractivity contribution in [2.24, 2.45) is 5.92 Å². The van der Waals surface area contributed by atoms with E-state index in [0.29, 0.717) is 24.8 Å². The second-order valence-electron chi connectivity index (χ2n) is 4.45. The minimum absolute atomic E-state index is 0.106. The number of rotatable bonds is 5. The average Bonchev–Trinajstić information content (AvgIpc) is 2.27. The fourth-order valence-electron chi connectivity index (χ4n) is 2.40. The van der Waals surface area contributed by atoms with Crippen LogP contribution in [0.2, 0.25) is 0 Å². The molecule has 0 aromatic carbocycles. The molecule has 3 nitrogen and oxygen atoms in total. The highest BCUT2D eigenvalue weighted by Crippen LogP contribution is 2.26. The molecule has 0 heterocycles. The summed E-state index contributed by atoms with van der Waals surface area (Å²) in [5.74, 6) is 0.770. The van der Waals surface area contributed by atoms with Crippen molar-refractivity contribution in [1.29, 1.82) is 0 Å². The SMILES string of the molecule is CCC1CCCCC1NC(=O)CCCO. The number of aliphatic hydroxyl groups excluding tert-OH is 1. The average molecular weight is 213 g/mol. The van der Waals surface area contributed by atoms with Crippen molar-refractivity contribution >= 4 is 5.91 Å². The van der Waals surface area contributed by atoms with E-state index in [1.807, 2.05) is 0 Å². The smallest absolute Gasteiger partial charge is 0.220 e. The van der Waals surface area contributed by atoms with Gasteiger partial charge in [-0.25, -0.2) is 0 Å². The molecule has 1 rings (SSSR count). The Morgan fingerprint density at radius 3 is 2.80 bits per heavy atom. The van der Waals surface area contributed by atoms with E-state index in [-0.39, 0.29) is 12.5 Å². The lowest BCUT2D eigenvalue weighted by molar-refractivity contribution is -0.122. The first kappa shape index (κ1) is 12.5. The maximum Gasteiger partial charge on any atom is 0.220 e. The lowest BCUT2D eigenvalue weighted by Gasteiger charge is -2.31. The van der Waals surface area contributed by atoms with Gasteiger partial charge < -0.3 is 10.4 Å². The van der Waals surface area contributed by atoms with E-state index >= 15 is 0 Å². The molecule has 88 valence electrons. The largest absolute Gasteiger partial charge is 0.396 e. The Morgan fingerprint density at radius 2 is 2.13 bits per heavy atom. The standard InChI is InChI=1S/C12H23NO2/c1-2-10-6-3-4-7-11(10)13-12(15)8-5-9-14/h10-11,14H,2-9H2,1H3,(H,13,15). The molecule has 0 saturated heterocycles. The van der Waals surface area contributed by atoms with Crippen molar-refractivity contribution in [1.82, 2.24) is 5.32 Å². The molecule has 2 atom stereocenters. The van der Waals surface area contributed by atoms with Gasteiger partial charge in [-0.3, -0.25) is 4.79 Å². The van der Waals surface area contributed by atoms with E-state index in [9.17, 15) is 4.79 Å². The minimum Gasteiger partial charge on any atom is -0.396 e. The Morgan fingerprint density at radius 1 is 1.40 bits per heavy atom. The maximum absolute atomic E-state index is 11.5. The second-order valence-corrected chi connectivity index (χ2v) is 4.45. The van der Waals surface area contributed by atoms with Crippen molar-refractivity contribution < 1.29 is 9.90 Å². The summed E-state index contributed by atoms with van der Waals surface area (Å²) < 4.78 is 0. The zero-order valence-electron chi connectivity index (χ0n) is 9.67. The highest BCUT2D eigenvalue weighted by molar-refractivity contribution is 5.76. The zero-order chi connectivity index (χ0) is 11.1. The van der Waals surface area contributed by atoms with Crippen LogP contribution in [0.5, 0.6) is 0 Å². The highest BCUT2D eigenvalue weighted by Gasteiger charge is 2.24.